The van der Waals surface area contributed by atoms with Crippen molar-refractivity contribution in [2.75, 3.05) is 6.54 Å². The number of carbonyl (C=O) groups excluding carboxylic acids is 4. The summed E-state index contributed by atoms with van der Waals surface area (Å²) in [6.45, 7) is -0.841. The number of alkyl halides is 4. The molecular formula is C24H11Cl8FN2O4. The number of imide groups is 1. The Morgan fingerprint density at radius 1 is 0.846 bits per heavy atom. The van der Waals surface area contributed by atoms with E-state index in [0.29, 0.717) is 10.0 Å². The van der Waals surface area contributed by atoms with Crippen molar-refractivity contribution in [3.8, 4) is 0 Å². The van der Waals surface area contributed by atoms with Crippen LogP contribution in [0.4, 0.5) is 4.39 Å². The van der Waals surface area contributed by atoms with Crippen LogP contribution < -0.4 is 0 Å². The molecule has 4 atom stereocenters. The predicted octanol–water partition coefficient (Wildman–Crippen LogP) is 6.82. The van der Waals surface area contributed by atoms with Gasteiger partial charge in [-0.2, -0.15) is 5.01 Å². The number of hydrogen-bond donors (Lipinski definition) is 0. The standard InChI is InChI=1S/C24H11Cl8FN2O4/c25-10-3-6-12(13(26)7-10)19(37)34(8-14(36)9-1-4-11(33)5-2-9)35-20(38)15-16(21(35)39)23(30)18(28)17(27)22(15,29)24(23,31)32/h1-7,15-16H,8H2/t15-,16-,22+,23+/m0/s1. The third kappa shape index (κ3) is 3.81. The Hall–Kier alpha value is -1.29. The number of allylic oxidation sites excluding steroid dienone is 2. The highest BCUT2D eigenvalue weighted by Gasteiger charge is 2.88. The molecule has 0 aromatic heterocycles. The summed E-state index contributed by atoms with van der Waals surface area (Å²) in [5.41, 5.74) is -0.195. The Morgan fingerprint density at radius 3 is 1.85 bits per heavy atom. The lowest BCUT2D eigenvalue weighted by Crippen LogP contribution is -2.56. The summed E-state index contributed by atoms with van der Waals surface area (Å²) in [5.74, 6) is -7.57. The summed E-state index contributed by atoms with van der Waals surface area (Å²) in [4.78, 5) is 50.4. The summed E-state index contributed by atoms with van der Waals surface area (Å²) in [7, 11) is 0. The largest absolute Gasteiger partial charge is 0.292 e. The molecule has 0 radical (unpaired) electrons. The first-order chi connectivity index (χ1) is 18.1. The molecule has 3 amide bonds. The fourth-order valence-electron chi connectivity index (χ4n) is 5.12. The van der Waals surface area contributed by atoms with Crippen LogP contribution >= 0.6 is 92.8 Å². The van der Waals surface area contributed by atoms with Crippen molar-refractivity contribution < 1.29 is 23.6 Å². The van der Waals surface area contributed by atoms with Crippen LogP contribution in [0.2, 0.25) is 10.0 Å². The number of hydrogen-bond acceptors (Lipinski definition) is 4. The Bertz CT molecular complexity index is 1470. The number of halogens is 9. The van der Waals surface area contributed by atoms with Crippen LogP contribution in [0.25, 0.3) is 0 Å². The van der Waals surface area contributed by atoms with Crippen molar-refractivity contribution in [1.82, 2.24) is 10.0 Å². The Morgan fingerprint density at radius 2 is 1.36 bits per heavy atom. The zero-order chi connectivity index (χ0) is 28.8. The van der Waals surface area contributed by atoms with Crippen LogP contribution in [0.3, 0.4) is 0 Å². The number of hydrazine groups is 1. The number of ketones is 1. The highest BCUT2D eigenvalue weighted by atomic mass is 35.5. The van der Waals surface area contributed by atoms with E-state index in [2.05, 4.69) is 0 Å². The molecule has 6 nitrogen and oxygen atoms in total. The quantitative estimate of drug-likeness (QED) is 0.196. The first kappa shape index (κ1) is 29.2. The molecule has 204 valence electrons. The summed E-state index contributed by atoms with van der Waals surface area (Å²) >= 11 is 51.4. The number of nitrogens with zero attached hydrogens (tertiary/aromatic N) is 2. The molecule has 2 bridgehead atoms. The van der Waals surface area contributed by atoms with E-state index < -0.39 is 61.8 Å². The third-order valence-electron chi connectivity index (χ3n) is 6.98. The first-order valence-electron chi connectivity index (χ1n) is 10.9. The second-order valence-electron chi connectivity index (χ2n) is 8.99. The Labute approximate surface area is 260 Å². The van der Waals surface area contributed by atoms with Crippen LogP contribution in [-0.4, -0.2) is 54.1 Å². The van der Waals surface area contributed by atoms with Crippen molar-refractivity contribution in [2.45, 2.75) is 14.1 Å². The van der Waals surface area contributed by atoms with Gasteiger partial charge in [0.25, 0.3) is 17.7 Å². The van der Waals surface area contributed by atoms with E-state index >= 15 is 0 Å². The molecule has 15 heteroatoms. The van der Waals surface area contributed by atoms with Crippen molar-refractivity contribution in [3.05, 3.63) is 79.5 Å². The van der Waals surface area contributed by atoms with Crippen molar-refractivity contribution in [3.63, 3.8) is 0 Å². The van der Waals surface area contributed by atoms with Crippen molar-refractivity contribution in [2.24, 2.45) is 11.8 Å². The third-order valence-corrected chi connectivity index (χ3v) is 11.8. The zero-order valence-electron chi connectivity index (χ0n) is 18.8. The van der Waals surface area contributed by atoms with Gasteiger partial charge < -0.3 is 0 Å². The molecular weight excluding hydrogens is 683 g/mol. The van der Waals surface area contributed by atoms with E-state index in [9.17, 15) is 23.6 Å². The van der Waals surface area contributed by atoms with Crippen molar-refractivity contribution in [1.29, 1.82) is 0 Å². The van der Waals surface area contributed by atoms with Gasteiger partial charge in [0.2, 0.25) is 0 Å². The fourth-order valence-corrected chi connectivity index (χ4v) is 8.54. The number of amides is 3. The highest BCUT2D eigenvalue weighted by Crippen LogP contribution is 2.77. The lowest BCUT2D eigenvalue weighted by molar-refractivity contribution is -0.154. The second kappa shape index (κ2) is 9.63. The minimum atomic E-state index is -2.19. The molecule has 5 rings (SSSR count). The molecule has 2 aromatic carbocycles. The van der Waals surface area contributed by atoms with Crippen LogP contribution in [0.1, 0.15) is 20.7 Å². The van der Waals surface area contributed by atoms with E-state index in [0.717, 1.165) is 12.1 Å². The van der Waals surface area contributed by atoms with Gasteiger partial charge in [-0.3, -0.25) is 19.2 Å². The van der Waals surface area contributed by atoms with Crippen LogP contribution in [0, 0.1) is 17.7 Å². The van der Waals surface area contributed by atoms with Gasteiger partial charge in [-0.1, -0.05) is 69.6 Å². The SMILES string of the molecule is O=C(CN(C(=O)c1ccc(Cl)cc1Cl)N1C(=O)[C@@H]2[C@@H](C1=O)[C@@]1(Cl)C(Cl)=C(Cl)[C@@]2(Cl)C1(Cl)Cl)c1ccc(F)cc1. The molecule has 0 unspecified atom stereocenters. The summed E-state index contributed by atoms with van der Waals surface area (Å²) < 4.78 is 11.2. The average Bonchev–Trinajstić information content (AvgIpc) is 3.26. The molecule has 1 saturated carbocycles. The van der Waals surface area contributed by atoms with Gasteiger partial charge in [-0.05, 0) is 42.5 Å². The van der Waals surface area contributed by atoms with E-state index in [1.54, 1.807) is 0 Å². The topological polar surface area (TPSA) is 74.8 Å². The molecule has 1 heterocycles. The average molecular weight is 694 g/mol. The lowest BCUT2D eigenvalue weighted by Gasteiger charge is -2.36. The molecule has 39 heavy (non-hydrogen) atoms. The molecule has 2 aromatic rings. The smallest absolute Gasteiger partial charge is 0.274 e. The van der Waals surface area contributed by atoms with E-state index in [-0.39, 0.29) is 31.2 Å². The van der Waals surface area contributed by atoms with Crippen LogP contribution in [0.15, 0.2) is 52.5 Å². The molecule has 0 spiro atoms. The van der Waals surface area contributed by atoms with E-state index in [1.165, 1.54) is 30.3 Å². The maximum absolute atomic E-state index is 13.9. The first-order valence-corrected chi connectivity index (χ1v) is 13.9. The Balaban J connectivity index is 1.61. The predicted molar refractivity (Wildman–Crippen MR) is 147 cm³/mol. The number of rotatable bonds is 5. The van der Waals surface area contributed by atoms with Gasteiger partial charge in [0, 0.05) is 10.6 Å². The lowest BCUT2D eigenvalue weighted by atomic mass is 9.84. The second-order valence-corrected chi connectivity index (χ2v) is 13.1. The summed E-state index contributed by atoms with van der Waals surface area (Å²) in [6.07, 6.45) is 0. The van der Waals surface area contributed by atoms with Gasteiger partial charge >= 0.3 is 0 Å². The monoisotopic (exact) mass is 690 g/mol. The maximum Gasteiger partial charge on any atom is 0.274 e. The van der Waals surface area contributed by atoms with Gasteiger partial charge in [0.1, 0.15) is 22.1 Å². The van der Waals surface area contributed by atoms with E-state index in [1.807, 2.05) is 0 Å². The van der Waals surface area contributed by atoms with E-state index in [4.69, 9.17) is 92.8 Å². The zero-order valence-corrected chi connectivity index (χ0v) is 24.9. The van der Waals surface area contributed by atoms with Gasteiger partial charge in [0.15, 0.2) is 10.1 Å². The number of Topliss-reactive ketones (excluding diaryl/α,β-unsaturated/α-hetero) is 1. The normalized spacial score (nSPS) is 28.8. The number of carbonyl (C=O) groups is 4. The van der Waals surface area contributed by atoms with Crippen LogP contribution in [-0.2, 0) is 9.59 Å². The minimum Gasteiger partial charge on any atom is -0.292 e. The molecule has 3 aliphatic rings. The summed E-state index contributed by atoms with van der Waals surface area (Å²) in [5, 5.41) is 0.472. The summed E-state index contributed by atoms with van der Waals surface area (Å²) in [6, 6.07) is 8.30. The van der Waals surface area contributed by atoms with Gasteiger partial charge in [-0.25, -0.2) is 9.40 Å². The molecule has 1 saturated heterocycles. The molecule has 2 fully saturated rings. The van der Waals surface area contributed by atoms with Crippen molar-refractivity contribution >= 4 is 116 Å². The molecule has 1 aliphatic heterocycles. The number of fused-ring (bicyclic) bond motifs is 5. The van der Waals surface area contributed by atoms with Gasteiger partial charge in [0.05, 0.1) is 32.5 Å². The number of benzene rings is 2. The molecule has 2 aliphatic carbocycles. The Kier molecular flexibility index (Phi) is 7.22. The van der Waals surface area contributed by atoms with Gasteiger partial charge in [-0.15, -0.1) is 23.2 Å². The highest BCUT2D eigenvalue weighted by molar-refractivity contribution is 6.66. The molecule has 0 N–H and O–H groups in total. The maximum atomic E-state index is 13.9. The fraction of sp³-hybridized carbons (Fsp3) is 0.250. The van der Waals surface area contributed by atoms with Crippen LogP contribution in [0.5, 0.6) is 0 Å². The minimum absolute atomic E-state index is 0.00771.